The standard InChI is InChI=1S/C19H19ClN4O5/c20-16-11-14(24(28)29)7-9-18(16)22-19(25)15-10-13(23(26)27)6-8-17(15)21-12-4-2-1-3-5-12/h6-12,21H,1-5H2,(H,22,25). The summed E-state index contributed by atoms with van der Waals surface area (Å²) in [6, 6.07) is 7.95. The molecule has 0 spiro atoms. The molecule has 152 valence electrons. The third-order valence-corrected chi connectivity index (χ3v) is 5.15. The second-order valence-electron chi connectivity index (χ2n) is 6.84. The molecule has 0 unspecified atom stereocenters. The number of halogens is 1. The minimum absolute atomic E-state index is 0.000212. The molecule has 1 aliphatic carbocycles. The van der Waals surface area contributed by atoms with Crippen LogP contribution in [0.15, 0.2) is 36.4 Å². The quantitative estimate of drug-likeness (QED) is 0.493. The van der Waals surface area contributed by atoms with Crippen LogP contribution in [0.5, 0.6) is 0 Å². The predicted octanol–water partition coefficient (Wildman–Crippen LogP) is 5.15. The molecule has 0 heterocycles. The Bertz CT molecular complexity index is 960. The number of nitro benzene ring substituents is 2. The maximum absolute atomic E-state index is 12.9. The van der Waals surface area contributed by atoms with E-state index in [1.807, 2.05) is 0 Å². The lowest BCUT2D eigenvalue weighted by Crippen LogP contribution is -2.24. The molecule has 29 heavy (non-hydrogen) atoms. The summed E-state index contributed by atoms with van der Waals surface area (Å²) in [5.74, 6) is -0.595. The molecule has 0 radical (unpaired) electrons. The first-order valence-electron chi connectivity index (χ1n) is 9.15. The van der Waals surface area contributed by atoms with Gasteiger partial charge in [-0.25, -0.2) is 0 Å². The van der Waals surface area contributed by atoms with Crippen LogP contribution < -0.4 is 10.6 Å². The maximum Gasteiger partial charge on any atom is 0.271 e. The molecule has 0 aromatic heterocycles. The van der Waals surface area contributed by atoms with Gasteiger partial charge >= 0.3 is 0 Å². The minimum atomic E-state index is -0.595. The zero-order valence-electron chi connectivity index (χ0n) is 15.4. The molecular formula is C19H19ClN4O5. The van der Waals surface area contributed by atoms with Crippen molar-refractivity contribution in [2.75, 3.05) is 10.6 Å². The van der Waals surface area contributed by atoms with E-state index in [0.717, 1.165) is 31.7 Å². The number of hydrogen-bond donors (Lipinski definition) is 2. The van der Waals surface area contributed by atoms with Crippen molar-refractivity contribution in [3.8, 4) is 0 Å². The van der Waals surface area contributed by atoms with Gasteiger partial charge in [0.25, 0.3) is 17.3 Å². The van der Waals surface area contributed by atoms with Crippen LogP contribution >= 0.6 is 11.6 Å². The van der Waals surface area contributed by atoms with Crippen LogP contribution in [-0.2, 0) is 0 Å². The summed E-state index contributed by atoms with van der Waals surface area (Å²) in [7, 11) is 0. The molecule has 0 saturated heterocycles. The zero-order chi connectivity index (χ0) is 21.0. The average molecular weight is 419 g/mol. The van der Waals surface area contributed by atoms with Crippen LogP contribution in [0, 0.1) is 20.2 Å². The summed E-state index contributed by atoms with van der Waals surface area (Å²) in [5.41, 5.74) is 0.372. The van der Waals surface area contributed by atoms with Gasteiger partial charge in [0.1, 0.15) is 0 Å². The molecule has 0 atom stereocenters. The fraction of sp³-hybridized carbons (Fsp3) is 0.316. The third-order valence-electron chi connectivity index (χ3n) is 4.84. The zero-order valence-corrected chi connectivity index (χ0v) is 16.1. The van der Waals surface area contributed by atoms with Crippen LogP contribution in [0.3, 0.4) is 0 Å². The van der Waals surface area contributed by atoms with Crippen molar-refractivity contribution in [3.05, 3.63) is 67.2 Å². The lowest BCUT2D eigenvalue weighted by atomic mass is 9.95. The summed E-state index contributed by atoms with van der Waals surface area (Å²) in [6.07, 6.45) is 5.28. The van der Waals surface area contributed by atoms with Gasteiger partial charge in [-0.15, -0.1) is 0 Å². The lowest BCUT2D eigenvalue weighted by molar-refractivity contribution is -0.385. The minimum Gasteiger partial charge on any atom is -0.382 e. The largest absolute Gasteiger partial charge is 0.382 e. The van der Waals surface area contributed by atoms with Gasteiger partial charge < -0.3 is 10.6 Å². The molecule has 9 nitrogen and oxygen atoms in total. The molecule has 2 N–H and O–H groups in total. The van der Waals surface area contributed by atoms with Crippen LogP contribution in [0.25, 0.3) is 0 Å². The number of rotatable bonds is 6. The Labute approximate surface area is 171 Å². The van der Waals surface area contributed by atoms with Gasteiger partial charge in [0.05, 0.1) is 26.1 Å². The van der Waals surface area contributed by atoms with Gasteiger partial charge in [0.2, 0.25) is 0 Å². The second kappa shape index (κ2) is 8.87. The van der Waals surface area contributed by atoms with Crippen LogP contribution in [0.4, 0.5) is 22.7 Å². The Morgan fingerprint density at radius 3 is 2.10 bits per heavy atom. The number of anilines is 2. The number of amides is 1. The molecule has 2 aromatic rings. The Morgan fingerprint density at radius 2 is 1.52 bits per heavy atom. The number of benzene rings is 2. The monoisotopic (exact) mass is 418 g/mol. The molecule has 1 saturated carbocycles. The number of nitro groups is 2. The second-order valence-corrected chi connectivity index (χ2v) is 7.25. The van der Waals surface area contributed by atoms with Gasteiger partial charge in [-0.1, -0.05) is 30.9 Å². The SMILES string of the molecule is O=C(Nc1ccc([N+](=O)[O-])cc1Cl)c1cc([N+](=O)[O-])ccc1NC1CCCCC1. The van der Waals surface area contributed by atoms with E-state index in [4.69, 9.17) is 11.6 Å². The van der Waals surface area contributed by atoms with Crippen molar-refractivity contribution in [3.63, 3.8) is 0 Å². The molecular weight excluding hydrogens is 400 g/mol. The number of nitrogens with one attached hydrogen (secondary N) is 2. The molecule has 0 aliphatic heterocycles. The van der Waals surface area contributed by atoms with Crippen molar-refractivity contribution < 1.29 is 14.6 Å². The van der Waals surface area contributed by atoms with Gasteiger partial charge in [-0.05, 0) is 25.0 Å². The van der Waals surface area contributed by atoms with Crippen LogP contribution in [-0.4, -0.2) is 21.8 Å². The van der Waals surface area contributed by atoms with E-state index >= 15 is 0 Å². The van der Waals surface area contributed by atoms with Crippen molar-refractivity contribution >= 4 is 40.3 Å². The molecule has 0 bridgehead atoms. The highest BCUT2D eigenvalue weighted by Crippen LogP contribution is 2.30. The van der Waals surface area contributed by atoms with Gasteiger partial charge in [0.15, 0.2) is 0 Å². The van der Waals surface area contributed by atoms with E-state index in [1.54, 1.807) is 0 Å². The Morgan fingerprint density at radius 1 is 0.931 bits per heavy atom. The molecule has 1 amide bonds. The fourth-order valence-corrected chi connectivity index (χ4v) is 3.56. The Hall–Kier alpha value is -3.20. The number of non-ortho nitro benzene ring substituents is 2. The number of carbonyl (C=O) groups is 1. The van der Waals surface area contributed by atoms with E-state index in [1.165, 1.54) is 36.8 Å². The fourth-order valence-electron chi connectivity index (χ4n) is 3.33. The molecule has 2 aromatic carbocycles. The topological polar surface area (TPSA) is 127 Å². The van der Waals surface area contributed by atoms with Crippen LogP contribution in [0.1, 0.15) is 42.5 Å². The third kappa shape index (κ3) is 5.00. The molecule has 10 heteroatoms. The summed E-state index contributed by atoms with van der Waals surface area (Å²) in [5, 5.41) is 27.9. The number of nitrogens with zero attached hydrogens (tertiary/aromatic N) is 2. The van der Waals surface area contributed by atoms with E-state index in [9.17, 15) is 25.0 Å². The first-order chi connectivity index (χ1) is 13.8. The molecule has 1 fully saturated rings. The number of hydrogen-bond acceptors (Lipinski definition) is 6. The predicted molar refractivity (Wildman–Crippen MR) is 110 cm³/mol. The number of carbonyl (C=O) groups excluding carboxylic acids is 1. The first kappa shape index (κ1) is 20.5. The van der Waals surface area contributed by atoms with Crippen molar-refractivity contribution in [2.24, 2.45) is 0 Å². The summed E-state index contributed by atoms with van der Waals surface area (Å²) >= 11 is 6.04. The lowest BCUT2D eigenvalue weighted by Gasteiger charge is -2.25. The van der Waals surface area contributed by atoms with Gasteiger partial charge in [-0.3, -0.25) is 25.0 Å². The van der Waals surface area contributed by atoms with E-state index < -0.39 is 15.8 Å². The van der Waals surface area contributed by atoms with Crippen molar-refractivity contribution in [2.45, 2.75) is 38.1 Å². The smallest absolute Gasteiger partial charge is 0.271 e. The molecule has 3 rings (SSSR count). The highest BCUT2D eigenvalue weighted by atomic mass is 35.5. The Kier molecular flexibility index (Phi) is 6.28. The molecule has 1 aliphatic rings. The van der Waals surface area contributed by atoms with E-state index in [-0.39, 0.29) is 33.7 Å². The highest BCUT2D eigenvalue weighted by Gasteiger charge is 2.21. The normalized spacial score (nSPS) is 14.2. The van der Waals surface area contributed by atoms with Gasteiger partial charge in [-0.2, -0.15) is 0 Å². The summed E-state index contributed by atoms with van der Waals surface area (Å²) in [6.45, 7) is 0. The van der Waals surface area contributed by atoms with E-state index in [2.05, 4.69) is 10.6 Å². The van der Waals surface area contributed by atoms with E-state index in [0.29, 0.717) is 5.69 Å². The van der Waals surface area contributed by atoms with Crippen LogP contribution in [0.2, 0.25) is 5.02 Å². The average Bonchev–Trinajstić information content (AvgIpc) is 2.70. The first-order valence-corrected chi connectivity index (χ1v) is 9.53. The van der Waals surface area contributed by atoms with Crippen molar-refractivity contribution in [1.29, 1.82) is 0 Å². The van der Waals surface area contributed by atoms with Gasteiger partial charge in [0, 0.05) is 36.0 Å². The summed E-state index contributed by atoms with van der Waals surface area (Å²) < 4.78 is 0. The van der Waals surface area contributed by atoms with Crippen molar-refractivity contribution in [1.82, 2.24) is 0 Å². The highest BCUT2D eigenvalue weighted by molar-refractivity contribution is 6.34. The maximum atomic E-state index is 12.9. The summed E-state index contributed by atoms with van der Waals surface area (Å²) in [4.78, 5) is 33.7. The Balaban J connectivity index is 1.88.